The Labute approximate surface area is 177 Å². The minimum atomic E-state index is -0.652. The maximum atomic E-state index is 12.6. The van der Waals surface area contributed by atoms with Gasteiger partial charge in [-0.2, -0.15) is 0 Å². The van der Waals surface area contributed by atoms with E-state index in [-0.39, 0.29) is 24.5 Å². The van der Waals surface area contributed by atoms with Crippen molar-refractivity contribution in [2.45, 2.75) is 6.92 Å². The number of hydrogen-bond donors (Lipinski definition) is 2. The van der Waals surface area contributed by atoms with Crippen LogP contribution in [-0.2, 0) is 9.53 Å². The first-order chi connectivity index (χ1) is 14.5. The van der Waals surface area contributed by atoms with Crippen LogP contribution in [-0.4, -0.2) is 31.0 Å². The predicted octanol–water partition coefficient (Wildman–Crippen LogP) is 3.71. The number of carbonyl (C=O) groups excluding carboxylic acids is 3. The Hall–Kier alpha value is -3.65. The number of anilines is 1. The number of hydrogen-bond acceptors (Lipinski definition) is 6. The van der Waals surface area contributed by atoms with Crippen LogP contribution in [0.3, 0.4) is 0 Å². The van der Waals surface area contributed by atoms with Gasteiger partial charge in [0.1, 0.15) is 16.3 Å². The fourth-order valence-corrected chi connectivity index (χ4v) is 3.76. The molecular weight excluding hydrogens is 404 g/mol. The van der Waals surface area contributed by atoms with Crippen molar-refractivity contribution in [3.8, 4) is 16.9 Å². The van der Waals surface area contributed by atoms with E-state index in [1.807, 2.05) is 30.3 Å². The summed E-state index contributed by atoms with van der Waals surface area (Å²) in [4.78, 5) is 36.5. The third-order valence-electron chi connectivity index (χ3n) is 4.12. The predicted molar refractivity (Wildman–Crippen MR) is 115 cm³/mol. The third kappa shape index (κ3) is 4.84. The normalized spacial score (nSPS) is 10.3. The number of amides is 2. The van der Waals surface area contributed by atoms with E-state index in [1.54, 1.807) is 30.5 Å². The largest absolute Gasteiger partial charge is 0.483 e. The lowest BCUT2D eigenvalue weighted by atomic mass is 10.0. The molecule has 154 valence electrons. The maximum Gasteiger partial charge on any atom is 0.341 e. The number of carbonyl (C=O) groups is 3. The number of benzene rings is 2. The number of thiophene rings is 1. The molecule has 0 aliphatic rings. The highest BCUT2D eigenvalue weighted by Crippen LogP contribution is 2.36. The molecule has 0 radical (unpaired) electrons. The fourth-order valence-electron chi connectivity index (χ4n) is 2.79. The van der Waals surface area contributed by atoms with E-state index < -0.39 is 17.8 Å². The van der Waals surface area contributed by atoms with Gasteiger partial charge in [0.2, 0.25) is 0 Å². The Balaban J connectivity index is 1.79. The SMILES string of the molecule is CCOC(=O)c1c(-c2ccccc2)csc1NC(=O)COc1ccccc1C(N)=O. The van der Waals surface area contributed by atoms with Gasteiger partial charge in [-0.25, -0.2) is 4.79 Å². The lowest BCUT2D eigenvalue weighted by Gasteiger charge is -2.11. The monoisotopic (exact) mass is 424 g/mol. The van der Waals surface area contributed by atoms with Crippen molar-refractivity contribution in [3.05, 3.63) is 71.1 Å². The number of esters is 1. The molecule has 7 nitrogen and oxygen atoms in total. The van der Waals surface area contributed by atoms with E-state index in [0.29, 0.717) is 16.1 Å². The van der Waals surface area contributed by atoms with Crippen molar-refractivity contribution >= 4 is 34.1 Å². The van der Waals surface area contributed by atoms with Crippen molar-refractivity contribution in [2.75, 3.05) is 18.5 Å². The summed E-state index contributed by atoms with van der Waals surface area (Å²) < 4.78 is 10.6. The van der Waals surface area contributed by atoms with Gasteiger partial charge in [-0.1, -0.05) is 42.5 Å². The minimum Gasteiger partial charge on any atom is -0.483 e. The molecule has 1 aromatic heterocycles. The van der Waals surface area contributed by atoms with Crippen LogP contribution in [0.4, 0.5) is 5.00 Å². The molecule has 0 bridgehead atoms. The lowest BCUT2D eigenvalue weighted by Crippen LogP contribution is -2.22. The zero-order valence-corrected chi connectivity index (χ0v) is 17.0. The standard InChI is InChI=1S/C22H20N2O5S/c1-2-28-22(27)19-16(14-8-4-3-5-9-14)13-30-21(19)24-18(25)12-29-17-11-7-6-10-15(17)20(23)26/h3-11,13H,2,12H2,1H3,(H2,23,26)(H,24,25). The van der Waals surface area contributed by atoms with E-state index in [1.165, 1.54) is 17.4 Å². The van der Waals surface area contributed by atoms with E-state index in [0.717, 1.165) is 5.56 Å². The van der Waals surface area contributed by atoms with Crippen LogP contribution in [0.15, 0.2) is 60.0 Å². The maximum absolute atomic E-state index is 12.6. The molecule has 1 heterocycles. The zero-order chi connectivity index (χ0) is 21.5. The average Bonchev–Trinajstić information content (AvgIpc) is 3.16. The second-order valence-electron chi connectivity index (χ2n) is 6.14. The summed E-state index contributed by atoms with van der Waals surface area (Å²) in [6.45, 7) is 1.57. The molecule has 0 aliphatic carbocycles. The van der Waals surface area contributed by atoms with Gasteiger partial charge in [0.15, 0.2) is 6.61 Å². The zero-order valence-electron chi connectivity index (χ0n) is 16.2. The van der Waals surface area contributed by atoms with Crippen LogP contribution in [0.1, 0.15) is 27.6 Å². The molecule has 30 heavy (non-hydrogen) atoms. The van der Waals surface area contributed by atoms with Crippen molar-refractivity contribution in [3.63, 3.8) is 0 Å². The van der Waals surface area contributed by atoms with Crippen LogP contribution in [0, 0.1) is 0 Å². The molecule has 3 rings (SSSR count). The van der Waals surface area contributed by atoms with E-state index >= 15 is 0 Å². The molecule has 3 N–H and O–H groups in total. The molecule has 2 aromatic carbocycles. The number of nitrogens with two attached hydrogens (primary N) is 1. The summed E-state index contributed by atoms with van der Waals surface area (Å²) in [6, 6.07) is 15.7. The summed E-state index contributed by atoms with van der Waals surface area (Å²) in [5.41, 5.74) is 7.30. The second-order valence-corrected chi connectivity index (χ2v) is 7.02. The molecule has 0 spiro atoms. The van der Waals surface area contributed by atoms with Gasteiger partial charge in [0.05, 0.1) is 12.2 Å². The van der Waals surface area contributed by atoms with Crippen LogP contribution < -0.4 is 15.8 Å². The Morgan fingerprint density at radius 2 is 1.73 bits per heavy atom. The van der Waals surface area contributed by atoms with Crippen molar-refractivity contribution < 1.29 is 23.9 Å². The molecule has 0 atom stereocenters. The molecular formula is C22H20N2O5S. The number of para-hydroxylation sites is 1. The highest BCUT2D eigenvalue weighted by atomic mass is 32.1. The van der Waals surface area contributed by atoms with Crippen molar-refractivity contribution in [1.29, 1.82) is 0 Å². The van der Waals surface area contributed by atoms with Crippen LogP contribution in [0.5, 0.6) is 5.75 Å². The van der Waals surface area contributed by atoms with Crippen LogP contribution in [0.2, 0.25) is 0 Å². The van der Waals surface area contributed by atoms with Gasteiger partial charge in [-0.3, -0.25) is 9.59 Å². The number of ether oxygens (including phenoxy) is 2. The fraction of sp³-hybridized carbons (Fsp3) is 0.136. The van der Waals surface area contributed by atoms with Crippen LogP contribution >= 0.6 is 11.3 Å². The highest BCUT2D eigenvalue weighted by Gasteiger charge is 2.23. The molecule has 3 aromatic rings. The third-order valence-corrected chi connectivity index (χ3v) is 5.02. The average molecular weight is 424 g/mol. The summed E-state index contributed by atoms with van der Waals surface area (Å²) >= 11 is 1.22. The van der Waals surface area contributed by atoms with Crippen molar-refractivity contribution in [2.24, 2.45) is 5.73 Å². The molecule has 8 heteroatoms. The Morgan fingerprint density at radius 1 is 1.03 bits per heavy atom. The van der Waals surface area contributed by atoms with Gasteiger partial charge in [0.25, 0.3) is 11.8 Å². The van der Waals surface area contributed by atoms with E-state index in [4.69, 9.17) is 15.2 Å². The van der Waals surface area contributed by atoms with Crippen molar-refractivity contribution in [1.82, 2.24) is 0 Å². The van der Waals surface area contributed by atoms with Gasteiger partial charge in [0, 0.05) is 10.9 Å². The first kappa shape index (κ1) is 21.1. The first-order valence-electron chi connectivity index (χ1n) is 9.16. The Morgan fingerprint density at radius 3 is 2.43 bits per heavy atom. The van der Waals surface area contributed by atoms with Crippen LogP contribution in [0.25, 0.3) is 11.1 Å². The van der Waals surface area contributed by atoms with Gasteiger partial charge in [-0.05, 0) is 24.6 Å². The van der Waals surface area contributed by atoms with E-state index in [9.17, 15) is 14.4 Å². The van der Waals surface area contributed by atoms with Gasteiger partial charge < -0.3 is 20.5 Å². The summed E-state index contributed by atoms with van der Waals surface area (Å²) in [5.74, 6) is -1.45. The van der Waals surface area contributed by atoms with Gasteiger partial charge in [-0.15, -0.1) is 11.3 Å². The highest BCUT2D eigenvalue weighted by molar-refractivity contribution is 7.15. The first-order valence-corrected chi connectivity index (χ1v) is 10.0. The van der Waals surface area contributed by atoms with E-state index in [2.05, 4.69) is 5.32 Å². The Kier molecular flexibility index (Phi) is 6.82. The van der Waals surface area contributed by atoms with Gasteiger partial charge >= 0.3 is 5.97 Å². The minimum absolute atomic E-state index is 0.181. The molecule has 0 unspecified atom stereocenters. The lowest BCUT2D eigenvalue weighted by molar-refractivity contribution is -0.118. The molecule has 0 aliphatic heterocycles. The number of primary amides is 1. The summed E-state index contributed by atoms with van der Waals surface area (Å²) in [6.07, 6.45) is 0. The summed E-state index contributed by atoms with van der Waals surface area (Å²) in [7, 11) is 0. The number of nitrogens with one attached hydrogen (secondary N) is 1. The molecule has 0 saturated heterocycles. The topological polar surface area (TPSA) is 108 Å². The molecule has 0 fully saturated rings. The second kappa shape index (κ2) is 9.71. The Bertz CT molecular complexity index is 1060. The summed E-state index contributed by atoms with van der Waals surface area (Å²) in [5, 5.41) is 4.85. The number of rotatable bonds is 8. The molecule has 0 saturated carbocycles. The molecule has 2 amide bonds. The quantitative estimate of drug-likeness (QED) is 0.536. The smallest absolute Gasteiger partial charge is 0.341 e.